The van der Waals surface area contributed by atoms with E-state index < -0.39 is 17.6 Å². The van der Waals surface area contributed by atoms with Crippen molar-refractivity contribution in [3.05, 3.63) is 65.7 Å². The molecule has 21 heavy (non-hydrogen) atoms. The Labute approximate surface area is 121 Å². The standard InChI is InChI=1S/C16H15F2NO2/c17-13-6-7-15(14(18)10-13)19(9-8-16(20)21)11-12-4-2-1-3-5-12/h1-7,10H,8-9,11H2,(H,20,21). The van der Waals surface area contributed by atoms with E-state index in [9.17, 15) is 13.6 Å². The van der Waals surface area contributed by atoms with Gasteiger partial charge in [-0.2, -0.15) is 0 Å². The van der Waals surface area contributed by atoms with Crippen molar-refractivity contribution >= 4 is 11.7 Å². The third-order valence-electron chi connectivity index (χ3n) is 3.06. The van der Waals surface area contributed by atoms with Crippen LogP contribution < -0.4 is 4.90 Å². The number of hydrogen-bond donors (Lipinski definition) is 1. The van der Waals surface area contributed by atoms with Crippen molar-refractivity contribution in [3.8, 4) is 0 Å². The molecule has 0 aromatic heterocycles. The summed E-state index contributed by atoms with van der Waals surface area (Å²) in [6.45, 7) is 0.503. The Morgan fingerprint density at radius 1 is 1.10 bits per heavy atom. The molecular weight excluding hydrogens is 276 g/mol. The molecule has 1 N–H and O–H groups in total. The van der Waals surface area contributed by atoms with Gasteiger partial charge in [0.15, 0.2) is 0 Å². The zero-order valence-corrected chi connectivity index (χ0v) is 11.3. The molecule has 0 bridgehead atoms. The SMILES string of the molecule is O=C(O)CCN(Cc1ccccc1)c1ccc(F)cc1F. The number of halogens is 2. The first kappa shape index (κ1) is 15.0. The smallest absolute Gasteiger partial charge is 0.305 e. The predicted molar refractivity (Wildman–Crippen MR) is 76.1 cm³/mol. The van der Waals surface area contributed by atoms with E-state index in [1.54, 1.807) is 4.90 Å². The molecular formula is C16H15F2NO2. The van der Waals surface area contributed by atoms with Gasteiger partial charge in [0.25, 0.3) is 0 Å². The highest BCUT2D eigenvalue weighted by Crippen LogP contribution is 2.22. The van der Waals surface area contributed by atoms with E-state index in [1.165, 1.54) is 6.07 Å². The van der Waals surface area contributed by atoms with Gasteiger partial charge in [0.1, 0.15) is 11.6 Å². The summed E-state index contributed by atoms with van der Waals surface area (Å²) in [7, 11) is 0. The largest absolute Gasteiger partial charge is 0.481 e. The Morgan fingerprint density at radius 3 is 2.43 bits per heavy atom. The van der Waals surface area contributed by atoms with Crippen LogP contribution in [0.4, 0.5) is 14.5 Å². The highest BCUT2D eigenvalue weighted by molar-refractivity contribution is 5.67. The van der Waals surface area contributed by atoms with Crippen LogP contribution in [0.5, 0.6) is 0 Å². The molecule has 0 amide bonds. The number of anilines is 1. The van der Waals surface area contributed by atoms with Crippen LogP contribution >= 0.6 is 0 Å². The van der Waals surface area contributed by atoms with Crippen LogP contribution in [0.1, 0.15) is 12.0 Å². The first-order valence-corrected chi connectivity index (χ1v) is 6.52. The second-order valence-corrected chi connectivity index (χ2v) is 4.65. The lowest BCUT2D eigenvalue weighted by molar-refractivity contribution is -0.136. The molecule has 0 radical (unpaired) electrons. The van der Waals surface area contributed by atoms with Gasteiger partial charge in [-0.25, -0.2) is 8.78 Å². The topological polar surface area (TPSA) is 40.5 Å². The van der Waals surface area contributed by atoms with E-state index in [0.717, 1.165) is 17.7 Å². The van der Waals surface area contributed by atoms with Crippen LogP contribution in [-0.2, 0) is 11.3 Å². The molecule has 3 nitrogen and oxygen atoms in total. The van der Waals surface area contributed by atoms with Crippen molar-refractivity contribution in [2.24, 2.45) is 0 Å². The third-order valence-corrected chi connectivity index (χ3v) is 3.06. The van der Waals surface area contributed by atoms with Gasteiger partial charge in [0.05, 0.1) is 12.1 Å². The minimum absolute atomic E-state index is 0.121. The molecule has 0 unspecified atom stereocenters. The second kappa shape index (κ2) is 6.83. The fraction of sp³-hybridized carbons (Fsp3) is 0.188. The number of nitrogens with zero attached hydrogens (tertiary/aromatic N) is 1. The zero-order valence-electron chi connectivity index (χ0n) is 11.3. The molecule has 0 fully saturated rings. The van der Waals surface area contributed by atoms with Gasteiger partial charge < -0.3 is 10.0 Å². The van der Waals surface area contributed by atoms with E-state index in [-0.39, 0.29) is 18.7 Å². The summed E-state index contributed by atoms with van der Waals surface area (Å²) in [5.41, 5.74) is 1.12. The Kier molecular flexibility index (Phi) is 4.87. The minimum atomic E-state index is -0.962. The lowest BCUT2D eigenvalue weighted by Gasteiger charge is -2.25. The van der Waals surface area contributed by atoms with Crippen molar-refractivity contribution in [2.75, 3.05) is 11.4 Å². The van der Waals surface area contributed by atoms with Crippen molar-refractivity contribution in [1.29, 1.82) is 0 Å². The average molecular weight is 291 g/mol. The number of aliphatic carboxylic acids is 1. The molecule has 0 heterocycles. The van der Waals surface area contributed by atoms with Crippen molar-refractivity contribution < 1.29 is 18.7 Å². The lowest BCUT2D eigenvalue weighted by atomic mass is 10.2. The highest BCUT2D eigenvalue weighted by Gasteiger charge is 2.14. The summed E-state index contributed by atoms with van der Waals surface area (Å²) >= 11 is 0. The van der Waals surface area contributed by atoms with Gasteiger partial charge in [-0.1, -0.05) is 30.3 Å². The normalized spacial score (nSPS) is 10.4. The molecule has 0 spiro atoms. The monoisotopic (exact) mass is 291 g/mol. The van der Waals surface area contributed by atoms with Crippen molar-refractivity contribution in [1.82, 2.24) is 0 Å². The molecule has 110 valence electrons. The number of benzene rings is 2. The number of carboxylic acid groups (broad SMARTS) is 1. The second-order valence-electron chi connectivity index (χ2n) is 4.65. The van der Waals surface area contributed by atoms with Gasteiger partial charge in [-0.3, -0.25) is 4.79 Å². The van der Waals surface area contributed by atoms with Crippen LogP contribution in [0.15, 0.2) is 48.5 Å². The first-order chi connectivity index (χ1) is 10.1. The summed E-state index contributed by atoms with van der Waals surface area (Å²) in [6, 6.07) is 12.6. The molecule has 2 rings (SSSR count). The van der Waals surface area contributed by atoms with E-state index >= 15 is 0 Å². The van der Waals surface area contributed by atoms with Crippen molar-refractivity contribution in [3.63, 3.8) is 0 Å². The summed E-state index contributed by atoms with van der Waals surface area (Å²) in [6.07, 6.45) is -0.121. The van der Waals surface area contributed by atoms with E-state index in [4.69, 9.17) is 5.11 Å². The number of carbonyl (C=O) groups is 1. The zero-order chi connectivity index (χ0) is 15.2. The fourth-order valence-corrected chi connectivity index (χ4v) is 2.06. The number of hydrogen-bond acceptors (Lipinski definition) is 2. The fourth-order valence-electron chi connectivity index (χ4n) is 2.06. The Balaban J connectivity index is 2.24. The van der Waals surface area contributed by atoms with E-state index in [2.05, 4.69) is 0 Å². The first-order valence-electron chi connectivity index (χ1n) is 6.52. The molecule has 0 aliphatic rings. The molecule has 0 atom stereocenters. The molecule has 2 aromatic rings. The van der Waals surface area contributed by atoms with Gasteiger partial charge in [-0.15, -0.1) is 0 Å². The molecule has 0 aliphatic carbocycles. The maximum Gasteiger partial charge on any atom is 0.305 e. The van der Waals surface area contributed by atoms with Gasteiger partial charge in [0.2, 0.25) is 0 Å². The lowest BCUT2D eigenvalue weighted by Crippen LogP contribution is -2.26. The summed E-state index contributed by atoms with van der Waals surface area (Å²) in [5, 5.41) is 8.81. The minimum Gasteiger partial charge on any atom is -0.481 e. The Bertz CT molecular complexity index is 617. The van der Waals surface area contributed by atoms with Gasteiger partial charge >= 0.3 is 5.97 Å². The molecule has 2 aromatic carbocycles. The van der Waals surface area contributed by atoms with E-state index in [1.807, 2.05) is 30.3 Å². The van der Waals surface area contributed by atoms with Crippen LogP contribution in [0.3, 0.4) is 0 Å². The maximum absolute atomic E-state index is 13.9. The van der Waals surface area contributed by atoms with Crippen molar-refractivity contribution in [2.45, 2.75) is 13.0 Å². The Hall–Kier alpha value is -2.43. The van der Waals surface area contributed by atoms with Gasteiger partial charge in [-0.05, 0) is 17.7 Å². The Morgan fingerprint density at radius 2 is 1.81 bits per heavy atom. The van der Waals surface area contributed by atoms with Crippen LogP contribution in [-0.4, -0.2) is 17.6 Å². The number of carboxylic acids is 1. The van der Waals surface area contributed by atoms with Crippen LogP contribution in [0, 0.1) is 11.6 Å². The number of rotatable bonds is 6. The summed E-state index contributed by atoms with van der Waals surface area (Å²) in [4.78, 5) is 12.3. The quantitative estimate of drug-likeness (QED) is 0.886. The summed E-state index contributed by atoms with van der Waals surface area (Å²) in [5.74, 6) is -2.32. The molecule has 5 heteroatoms. The predicted octanol–water partition coefficient (Wildman–Crippen LogP) is 3.45. The average Bonchev–Trinajstić information content (AvgIpc) is 2.45. The highest BCUT2D eigenvalue weighted by atomic mass is 19.1. The maximum atomic E-state index is 13.9. The summed E-state index contributed by atoms with van der Waals surface area (Å²) < 4.78 is 26.9. The van der Waals surface area contributed by atoms with Crippen LogP contribution in [0.2, 0.25) is 0 Å². The molecule has 0 aliphatic heterocycles. The van der Waals surface area contributed by atoms with E-state index in [0.29, 0.717) is 6.54 Å². The molecule has 0 saturated carbocycles. The van der Waals surface area contributed by atoms with Crippen LogP contribution in [0.25, 0.3) is 0 Å². The van der Waals surface area contributed by atoms with Gasteiger partial charge in [0, 0.05) is 19.2 Å². The third kappa shape index (κ3) is 4.27. The molecule has 0 saturated heterocycles.